The van der Waals surface area contributed by atoms with E-state index in [0.29, 0.717) is 6.42 Å². The Kier molecular flexibility index (Phi) is 4.83. The molecule has 16 heavy (non-hydrogen) atoms. The van der Waals surface area contributed by atoms with Crippen LogP contribution in [-0.4, -0.2) is 24.4 Å². The summed E-state index contributed by atoms with van der Waals surface area (Å²) in [6.45, 7) is 1.79. The van der Waals surface area contributed by atoms with Gasteiger partial charge in [0.25, 0.3) is 0 Å². The molecule has 2 unspecified atom stereocenters. The van der Waals surface area contributed by atoms with Crippen molar-refractivity contribution in [3.63, 3.8) is 0 Å². The molecule has 90 valence electrons. The second-order valence-electron chi connectivity index (χ2n) is 3.84. The third-order valence-electron chi connectivity index (χ3n) is 2.51. The fourth-order valence-corrected chi connectivity index (χ4v) is 1.53. The molecule has 0 bridgehead atoms. The van der Waals surface area contributed by atoms with Crippen LogP contribution in [0, 0.1) is 11.6 Å². The molecule has 0 aliphatic heterocycles. The molecular weight excluding hydrogens is 214 g/mol. The van der Waals surface area contributed by atoms with Crippen LogP contribution in [0.5, 0.6) is 0 Å². The van der Waals surface area contributed by atoms with Crippen molar-refractivity contribution in [2.75, 3.05) is 7.11 Å². The second kappa shape index (κ2) is 5.92. The van der Waals surface area contributed by atoms with Gasteiger partial charge in [-0.1, -0.05) is 6.07 Å². The van der Waals surface area contributed by atoms with Gasteiger partial charge in [-0.3, -0.25) is 0 Å². The maximum atomic E-state index is 13.2. The van der Waals surface area contributed by atoms with E-state index in [1.165, 1.54) is 25.3 Å². The van der Waals surface area contributed by atoms with E-state index in [2.05, 4.69) is 0 Å². The highest BCUT2D eigenvalue weighted by Gasteiger charge is 2.15. The Labute approximate surface area is 93.9 Å². The highest BCUT2D eigenvalue weighted by Crippen LogP contribution is 2.16. The number of aliphatic hydroxyl groups excluding tert-OH is 1. The summed E-state index contributed by atoms with van der Waals surface area (Å²) < 4.78 is 31.5. The van der Waals surface area contributed by atoms with Crippen molar-refractivity contribution in [3.05, 3.63) is 35.4 Å². The summed E-state index contributed by atoms with van der Waals surface area (Å²) in [4.78, 5) is 0. The van der Waals surface area contributed by atoms with Gasteiger partial charge in [0.2, 0.25) is 0 Å². The Morgan fingerprint density at radius 1 is 1.31 bits per heavy atom. The van der Waals surface area contributed by atoms with Crippen molar-refractivity contribution in [1.82, 2.24) is 0 Å². The molecule has 1 N–H and O–H groups in total. The highest BCUT2D eigenvalue weighted by molar-refractivity contribution is 5.20. The number of hydrogen-bond donors (Lipinski definition) is 1. The molecule has 2 nitrogen and oxygen atoms in total. The third-order valence-corrected chi connectivity index (χ3v) is 2.51. The maximum absolute atomic E-state index is 13.2. The van der Waals surface area contributed by atoms with Crippen LogP contribution < -0.4 is 0 Å². The molecule has 0 aliphatic carbocycles. The lowest BCUT2D eigenvalue weighted by atomic mass is 10.0. The fourth-order valence-electron chi connectivity index (χ4n) is 1.53. The summed E-state index contributed by atoms with van der Waals surface area (Å²) in [5, 5.41) is 9.64. The van der Waals surface area contributed by atoms with Gasteiger partial charge in [-0.15, -0.1) is 0 Å². The Balaban J connectivity index is 2.66. The van der Waals surface area contributed by atoms with Crippen LogP contribution in [0.1, 0.15) is 18.9 Å². The Morgan fingerprint density at radius 3 is 2.38 bits per heavy atom. The number of halogens is 2. The van der Waals surface area contributed by atoms with Gasteiger partial charge in [0, 0.05) is 19.1 Å². The van der Waals surface area contributed by atoms with Crippen LogP contribution in [-0.2, 0) is 11.2 Å². The van der Waals surface area contributed by atoms with Crippen LogP contribution >= 0.6 is 0 Å². The summed E-state index contributed by atoms with van der Waals surface area (Å²) >= 11 is 0. The number of methoxy groups -OCH3 is 1. The minimum absolute atomic E-state index is 0.0355. The zero-order valence-electron chi connectivity index (χ0n) is 9.41. The summed E-state index contributed by atoms with van der Waals surface area (Å²) in [5.41, 5.74) is -0.0710. The van der Waals surface area contributed by atoms with Gasteiger partial charge in [0.1, 0.15) is 11.6 Å². The molecule has 0 radical (unpaired) electrons. The normalized spacial score (nSPS) is 14.8. The zero-order valence-corrected chi connectivity index (χ0v) is 9.41. The molecule has 0 saturated carbocycles. The Hall–Kier alpha value is -1.00. The third kappa shape index (κ3) is 3.54. The number of aliphatic hydroxyl groups is 1. The maximum Gasteiger partial charge on any atom is 0.129 e. The van der Waals surface area contributed by atoms with Crippen molar-refractivity contribution in [1.29, 1.82) is 0 Å². The molecule has 0 aromatic heterocycles. The Morgan fingerprint density at radius 2 is 1.88 bits per heavy atom. The first-order valence-corrected chi connectivity index (χ1v) is 5.18. The average Bonchev–Trinajstić information content (AvgIpc) is 2.23. The standard InChI is InChI=1S/C12H16F2O2/c1-8(16-2)6-9(15)7-10-11(13)4-3-5-12(10)14/h3-5,8-9,15H,6-7H2,1-2H3. The van der Waals surface area contributed by atoms with E-state index < -0.39 is 17.7 Å². The number of benzene rings is 1. The summed E-state index contributed by atoms with van der Waals surface area (Å²) in [5.74, 6) is -1.24. The first-order chi connectivity index (χ1) is 7.54. The minimum Gasteiger partial charge on any atom is -0.393 e. The first-order valence-electron chi connectivity index (χ1n) is 5.18. The summed E-state index contributed by atoms with van der Waals surface area (Å²) in [6.07, 6.45) is -0.623. The smallest absolute Gasteiger partial charge is 0.129 e. The topological polar surface area (TPSA) is 29.5 Å². The lowest BCUT2D eigenvalue weighted by Gasteiger charge is -2.15. The quantitative estimate of drug-likeness (QED) is 0.841. The average molecular weight is 230 g/mol. The van der Waals surface area contributed by atoms with Crippen LogP contribution in [0.4, 0.5) is 8.78 Å². The fraction of sp³-hybridized carbons (Fsp3) is 0.500. The molecule has 0 fully saturated rings. The molecular formula is C12H16F2O2. The van der Waals surface area contributed by atoms with Crippen molar-refractivity contribution in [2.45, 2.75) is 32.0 Å². The molecule has 0 spiro atoms. The van der Waals surface area contributed by atoms with Crippen LogP contribution in [0.2, 0.25) is 0 Å². The zero-order chi connectivity index (χ0) is 12.1. The lowest BCUT2D eigenvalue weighted by molar-refractivity contribution is 0.0558. The van der Waals surface area contributed by atoms with Crippen LogP contribution in [0.25, 0.3) is 0 Å². The number of ether oxygens (including phenoxy) is 1. The lowest BCUT2D eigenvalue weighted by Crippen LogP contribution is -2.20. The van der Waals surface area contributed by atoms with Gasteiger partial charge in [-0.05, 0) is 25.5 Å². The van der Waals surface area contributed by atoms with Crippen molar-refractivity contribution in [2.24, 2.45) is 0 Å². The largest absolute Gasteiger partial charge is 0.393 e. The SMILES string of the molecule is COC(C)CC(O)Cc1c(F)cccc1F. The van der Waals surface area contributed by atoms with E-state index in [9.17, 15) is 13.9 Å². The molecule has 2 atom stereocenters. The number of hydrogen-bond acceptors (Lipinski definition) is 2. The van der Waals surface area contributed by atoms with E-state index in [1.54, 1.807) is 6.92 Å². The predicted molar refractivity (Wildman–Crippen MR) is 57.2 cm³/mol. The van der Waals surface area contributed by atoms with E-state index in [-0.39, 0.29) is 18.1 Å². The summed E-state index contributed by atoms with van der Waals surface area (Å²) in [7, 11) is 1.53. The van der Waals surface area contributed by atoms with Crippen LogP contribution in [0.15, 0.2) is 18.2 Å². The Bertz CT molecular complexity index is 322. The van der Waals surface area contributed by atoms with Gasteiger partial charge in [0.05, 0.1) is 12.2 Å². The number of rotatable bonds is 5. The van der Waals surface area contributed by atoms with E-state index in [0.717, 1.165) is 0 Å². The van der Waals surface area contributed by atoms with Crippen molar-refractivity contribution in [3.8, 4) is 0 Å². The van der Waals surface area contributed by atoms with Crippen molar-refractivity contribution < 1.29 is 18.6 Å². The highest BCUT2D eigenvalue weighted by atomic mass is 19.1. The van der Waals surface area contributed by atoms with E-state index in [4.69, 9.17) is 4.74 Å². The second-order valence-corrected chi connectivity index (χ2v) is 3.84. The van der Waals surface area contributed by atoms with Gasteiger partial charge in [-0.25, -0.2) is 8.78 Å². The minimum atomic E-state index is -0.804. The first kappa shape index (κ1) is 13.1. The van der Waals surface area contributed by atoms with E-state index >= 15 is 0 Å². The molecule has 4 heteroatoms. The molecule has 0 amide bonds. The predicted octanol–water partition coefficient (Wildman–Crippen LogP) is 2.29. The van der Waals surface area contributed by atoms with Gasteiger partial charge >= 0.3 is 0 Å². The summed E-state index contributed by atoms with van der Waals surface area (Å²) in [6, 6.07) is 3.67. The molecule has 0 aliphatic rings. The molecule has 0 heterocycles. The van der Waals surface area contributed by atoms with E-state index in [1.807, 2.05) is 0 Å². The van der Waals surface area contributed by atoms with Crippen molar-refractivity contribution >= 4 is 0 Å². The molecule has 1 aromatic carbocycles. The molecule has 0 saturated heterocycles. The van der Waals surface area contributed by atoms with Gasteiger partial charge in [0.15, 0.2) is 0 Å². The molecule has 1 aromatic rings. The monoisotopic (exact) mass is 230 g/mol. The van der Waals surface area contributed by atoms with Gasteiger partial charge in [-0.2, -0.15) is 0 Å². The molecule has 1 rings (SSSR count). The van der Waals surface area contributed by atoms with Crippen LogP contribution in [0.3, 0.4) is 0 Å². The van der Waals surface area contributed by atoms with Gasteiger partial charge < -0.3 is 9.84 Å².